The summed E-state index contributed by atoms with van der Waals surface area (Å²) in [5.74, 6) is 0.787. The fourth-order valence-corrected chi connectivity index (χ4v) is 2.82. The predicted octanol–water partition coefficient (Wildman–Crippen LogP) is 3.37. The Labute approximate surface area is 123 Å². The van der Waals surface area contributed by atoms with E-state index in [9.17, 15) is 5.11 Å². The van der Waals surface area contributed by atoms with Crippen molar-refractivity contribution in [2.45, 2.75) is 32.3 Å². The smallest absolute Gasteiger partial charge is 0.125 e. The number of benzene rings is 1. The van der Waals surface area contributed by atoms with Crippen molar-refractivity contribution in [1.82, 2.24) is 4.90 Å². The number of ether oxygens (including phenoxy) is 1. The minimum Gasteiger partial charge on any atom is -0.492 e. The Morgan fingerprint density at radius 1 is 1.32 bits per heavy atom. The third kappa shape index (κ3) is 4.48. The highest BCUT2D eigenvalue weighted by Crippen LogP contribution is 2.28. The van der Waals surface area contributed by atoms with Gasteiger partial charge in [-0.15, -0.1) is 0 Å². The first-order valence-electron chi connectivity index (χ1n) is 6.99. The zero-order chi connectivity index (χ0) is 13.7. The van der Waals surface area contributed by atoms with E-state index in [1.165, 1.54) is 32.4 Å². The lowest BCUT2D eigenvalue weighted by molar-refractivity contribution is 0.171. The lowest BCUT2D eigenvalue weighted by Crippen LogP contribution is -2.33. The van der Waals surface area contributed by atoms with Crippen molar-refractivity contribution < 1.29 is 9.84 Å². The van der Waals surface area contributed by atoms with Gasteiger partial charge in [-0.1, -0.05) is 22.4 Å². The molecule has 0 bridgehead atoms. The van der Waals surface area contributed by atoms with E-state index >= 15 is 0 Å². The summed E-state index contributed by atoms with van der Waals surface area (Å²) in [6.07, 6.45) is 3.45. The standard InChI is InChI=1S/C15H22BrNO2/c1-12(18)14-11-13(16)5-6-15(14)19-10-9-17-7-3-2-4-8-17/h5-6,11-12,18H,2-4,7-10H2,1H3/t12-/m0/s1. The van der Waals surface area contributed by atoms with Crippen LogP contribution in [0.3, 0.4) is 0 Å². The molecule has 2 rings (SSSR count). The van der Waals surface area contributed by atoms with Gasteiger partial charge in [0.1, 0.15) is 12.4 Å². The summed E-state index contributed by atoms with van der Waals surface area (Å²) in [7, 11) is 0. The Morgan fingerprint density at radius 2 is 2.05 bits per heavy atom. The summed E-state index contributed by atoms with van der Waals surface area (Å²) in [4.78, 5) is 2.45. The van der Waals surface area contributed by atoms with Gasteiger partial charge in [-0.3, -0.25) is 4.90 Å². The van der Waals surface area contributed by atoms with Crippen LogP contribution in [0.25, 0.3) is 0 Å². The Morgan fingerprint density at radius 3 is 2.74 bits per heavy atom. The highest BCUT2D eigenvalue weighted by molar-refractivity contribution is 9.10. The number of hydrogen-bond acceptors (Lipinski definition) is 3. The highest BCUT2D eigenvalue weighted by atomic mass is 79.9. The van der Waals surface area contributed by atoms with Crippen molar-refractivity contribution in [3.63, 3.8) is 0 Å². The molecule has 0 saturated carbocycles. The van der Waals surface area contributed by atoms with Gasteiger partial charge in [0.15, 0.2) is 0 Å². The maximum Gasteiger partial charge on any atom is 0.125 e. The molecule has 1 heterocycles. The SMILES string of the molecule is C[C@H](O)c1cc(Br)ccc1OCCN1CCCCC1. The van der Waals surface area contributed by atoms with Gasteiger partial charge in [0, 0.05) is 16.6 Å². The monoisotopic (exact) mass is 327 g/mol. The van der Waals surface area contributed by atoms with Crippen LogP contribution in [0.2, 0.25) is 0 Å². The molecule has 1 aliphatic heterocycles. The van der Waals surface area contributed by atoms with E-state index in [2.05, 4.69) is 20.8 Å². The molecule has 3 nitrogen and oxygen atoms in total. The fourth-order valence-electron chi connectivity index (χ4n) is 2.44. The zero-order valence-electron chi connectivity index (χ0n) is 11.4. The van der Waals surface area contributed by atoms with Crippen LogP contribution in [-0.2, 0) is 0 Å². The molecule has 0 aromatic heterocycles. The average Bonchev–Trinajstić information content (AvgIpc) is 2.41. The van der Waals surface area contributed by atoms with Crippen molar-refractivity contribution in [3.05, 3.63) is 28.2 Å². The molecule has 4 heteroatoms. The number of nitrogens with zero attached hydrogens (tertiary/aromatic N) is 1. The first kappa shape index (κ1) is 14.8. The summed E-state index contributed by atoms with van der Waals surface area (Å²) in [6, 6.07) is 5.78. The predicted molar refractivity (Wildman–Crippen MR) is 80.6 cm³/mol. The van der Waals surface area contributed by atoms with Crippen LogP contribution in [0.15, 0.2) is 22.7 Å². The van der Waals surface area contributed by atoms with Crippen LogP contribution in [0.1, 0.15) is 37.9 Å². The zero-order valence-corrected chi connectivity index (χ0v) is 13.0. The molecule has 1 aliphatic rings. The summed E-state index contributed by atoms with van der Waals surface area (Å²) < 4.78 is 6.80. The molecule has 1 aromatic rings. The van der Waals surface area contributed by atoms with Gasteiger partial charge >= 0.3 is 0 Å². The molecule has 19 heavy (non-hydrogen) atoms. The first-order valence-corrected chi connectivity index (χ1v) is 7.79. The van der Waals surface area contributed by atoms with E-state index < -0.39 is 6.10 Å². The van der Waals surface area contributed by atoms with Crippen molar-refractivity contribution in [3.8, 4) is 5.75 Å². The van der Waals surface area contributed by atoms with Crippen molar-refractivity contribution in [1.29, 1.82) is 0 Å². The molecular weight excluding hydrogens is 306 g/mol. The summed E-state index contributed by atoms with van der Waals surface area (Å²) in [5, 5.41) is 9.77. The maximum atomic E-state index is 9.77. The Bertz CT molecular complexity index is 403. The quantitative estimate of drug-likeness (QED) is 0.900. The van der Waals surface area contributed by atoms with Gasteiger partial charge in [0.25, 0.3) is 0 Å². The summed E-state index contributed by atoms with van der Waals surface area (Å²) >= 11 is 3.42. The molecular formula is C15H22BrNO2. The number of aliphatic hydroxyl groups excluding tert-OH is 1. The first-order chi connectivity index (χ1) is 9.16. The molecule has 1 atom stereocenters. The molecule has 0 unspecified atom stereocenters. The topological polar surface area (TPSA) is 32.7 Å². The number of halogens is 1. The maximum absolute atomic E-state index is 9.77. The van der Waals surface area contributed by atoms with Crippen molar-refractivity contribution in [2.75, 3.05) is 26.2 Å². The molecule has 0 spiro atoms. The molecule has 0 radical (unpaired) electrons. The number of likely N-dealkylation sites (tertiary alicyclic amines) is 1. The molecule has 0 aliphatic carbocycles. The second kappa shape index (κ2) is 7.27. The van der Waals surface area contributed by atoms with Gasteiger partial charge in [-0.2, -0.15) is 0 Å². The summed E-state index contributed by atoms with van der Waals surface area (Å²) in [5.41, 5.74) is 0.841. The second-order valence-corrected chi connectivity index (χ2v) is 6.02. The second-order valence-electron chi connectivity index (χ2n) is 5.11. The lowest BCUT2D eigenvalue weighted by Gasteiger charge is -2.26. The Balaban J connectivity index is 1.88. The average molecular weight is 328 g/mol. The minimum atomic E-state index is -0.512. The van der Waals surface area contributed by atoms with Crippen LogP contribution >= 0.6 is 15.9 Å². The highest BCUT2D eigenvalue weighted by Gasteiger charge is 2.12. The van der Waals surface area contributed by atoms with Crippen molar-refractivity contribution >= 4 is 15.9 Å². The number of piperidine rings is 1. The van der Waals surface area contributed by atoms with Gasteiger partial charge < -0.3 is 9.84 Å². The molecule has 1 N–H and O–H groups in total. The van der Waals surface area contributed by atoms with Crippen LogP contribution in [0.5, 0.6) is 5.75 Å². The van der Waals surface area contributed by atoms with Gasteiger partial charge in [-0.05, 0) is 51.1 Å². The third-order valence-corrected chi connectivity index (χ3v) is 4.03. The van der Waals surface area contributed by atoms with Crippen LogP contribution in [-0.4, -0.2) is 36.2 Å². The fraction of sp³-hybridized carbons (Fsp3) is 0.600. The third-order valence-electron chi connectivity index (χ3n) is 3.54. The van der Waals surface area contributed by atoms with E-state index in [1.54, 1.807) is 6.92 Å². The van der Waals surface area contributed by atoms with Gasteiger partial charge in [0.05, 0.1) is 6.10 Å². The van der Waals surface area contributed by atoms with E-state index in [0.717, 1.165) is 22.3 Å². The normalized spacial score (nSPS) is 18.3. The van der Waals surface area contributed by atoms with E-state index in [-0.39, 0.29) is 0 Å². The molecule has 106 valence electrons. The van der Waals surface area contributed by atoms with E-state index in [1.807, 2.05) is 18.2 Å². The summed E-state index contributed by atoms with van der Waals surface area (Å²) in [6.45, 7) is 5.79. The largest absolute Gasteiger partial charge is 0.492 e. The van der Waals surface area contributed by atoms with Crippen molar-refractivity contribution in [2.24, 2.45) is 0 Å². The molecule has 1 aromatic carbocycles. The van der Waals surface area contributed by atoms with Crippen LogP contribution < -0.4 is 4.74 Å². The number of hydrogen-bond donors (Lipinski definition) is 1. The Kier molecular flexibility index (Phi) is 5.67. The lowest BCUT2D eigenvalue weighted by atomic mass is 10.1. The van der Waals surface area contributed by atoms with E-state index in [0.29, 0.717) is 6.61 Å². The number of aliphatic hydroxyl groups is 1. The molecule has 0 amide bonds. The van der Waals surface area contributed by atoms with Crippen LogP contribution in [0.4, 0.5) is 0 Å². The van der Waals surface area contributed by atoms with E-state index in [4.69, 9.17) is 4.74 Å². The molecule has 1 saturated heterocycles. The molecule has 1 fully saturated rings. The number of rotatable bonds is 5. The van der Waals surface area contributed by atoms with Crippen LogP contribution in [0, 0.1) is 0 Å². The van der Waals surface area contributed by atoms with Gasteiger partial charge in [0.2, 0.25) is 0 Å². The minimum absolute atomic E-state index is 0.512. The Hall–Kier alpha value is -0.580. The van der Waals surface area contributed by atoms with Gasteiger partial charge in [-0.25, -0.2) is 0 Å².